The number of ether oxygens (including phenoxy) is 2. The van der Waals surface area contributed by atoms with Crippen LogP contribution in [0.5, 0.6) is 5.88 Å². The Kier molecular flexibility index (Phi) is 6.55. The van der Waals surface area contributed by atoms with E-state index in [0.29, 0.717) is 5.69 Å². The van der Waals surface area contributed by atoms with E-state index >= 15 is 0 Å². The number of pyridine rings is 1. The van der Waals surface area contributed by atoms with Crippen molar-refractivity contribution < 1.29 is 24.5 Å². The summed E-state index contributed by atoms with van der Waals surface area (Å²) >= 11 is 0. The maximum Gasteiger partial charge on any atom is 0.407 e. The maximum atomic E-state index is 11.7. The van der Waals surface area contributed by atoms with Crippen LogP contribution >= 0.6 is 0 Å². The van der Waals surface area contributed by atoms with Crippen molar-refractivity contribution >= 4 is 11.8 Å². The van der Waals surface area contributed by atoms with Crippen molar-refractivity contribution in [2.45, 2.75) is 18.8 Å². The van der Waals surface area contributed by atoms with E-state index in [4.69, 9.17) is 15.2 Å². The highest BCUT2D eigenvalue weighted by Crippen LogP contribution is 2.26. The molecule has 2 rings (SSSR count). The number of amides is 1. The summed E-state index contributed by atoms with van der Waals surface area (Å²) in [5.74, 6) is 0.146. The molecule has 2 unspecified atom stereocenters. The monoisotopic (exact) mass is 347 g/mol. The second-order valence-electron chi connectivity index (χ2n) is 5.32. The summed E-state index contributed by atoms with van der Waals surface area (Å²) in [7, 11) is 1.39. The van der Waals surface area contributed by atoms with Crippen molar-refractivity contribution in [1.82, 2.24) is 10.3 Å². The molecule has 0 saturated heterocycles. The first-order valence-electron chi connectivity index (χ1n) is 7.61. The molecule has 0 fully saturated rings. The van der Waals surface area contributed by atoms with Gasteiger partial charge in [0.2, 0.25) is 5.88 Å². The van der Waals surface area contributed by atoms with E-state index in [2.05, 4.69) is 10.3 Å². The van der Waals surface area contributed by atoms with E-state index in [1.165, 1.54) is 19.4 Å². The van der Waals surface area contributed by atoms with E-state index in [9.17, 15) is 15.0 Å². The predicted octanol–water partition coefficient (Wildman–Crippen LogP) is 0.993. The fraction of sp³-hybridized carbons (Fsp3) is 0.294. The third kappa shape index (κ3) is 5.33. The van der Waals surface area contributed by atoms with Crippen LogP contribution in [-0.4, -0.2) is 41.0 Å². The number of rotatable bonds is 7. The smallest absolute Gasteiger partial charge is 0.407 e. The molecule has 2 aromatic rings. The molecule has 0 aliphatic heterocycles. The number of nitrogens with zero attached hydrogens (tertiary/aromatic N) is 1. The largest absolute Gasteiger partial charge is 0.481 e. The van der Waals surface area contributed by atoms with Gasteiger partial charge < -0.3 is 30.7 Å². The lowest BCUT2D eigenvalue weighted by Gasteiger charge is -2.20. The number of aliphatic hydroxyl groups excluding tert-OH is 2. The van der Waals surface area contributed by atoms with Crippen molar-refractivity contribution in [3.05, 3.63) is 53.7 Å². The van der Waals surface area contributed by atoms with Crippen LogP contribution in [0.15, 0.2) is 42.6 Å². The summed E-state index contributed by atoms with van der Waals surface area (Å²) in [5.41, 5.74) is 7.03. The predicted molar refractivity (Wildman–Crippen MR) is 90.8 cm³/mol. The summed E-state index contributed by atoms with van der Waals surface area (Å²) in [4.78, 5) is 15.6. The van der Waals surface area contributed by atoms with Crippen LogP contribution in [0.2, 0.25) is 0 Å². The molecule has 0 bridgehead atoms. The van der Waals surface area contributed by atoms with Gasteiger partial charge in [-0.2, -0.15) is 0 Å². The lowest BCUT2D eigenvalue weighted by molar-refractivity contribution is 0.0168. The second-order valence-corrected chi connectivity index (χ2v) is 5.32. The molecule has 0 aliphatic carbocycles. The Hall–Kier alpha value is -2.84. The van der Waals surface area contributed by atoms with Crippen molar-refractivity contribution in [3.63, 3.8) is 0 Å². The van der Waals surface area contributed by atoms with Gasteiger partial charge in [0.25, 0.3) is 0 Å². The number of nitrogens with one attached hydrogen (secondary N) is 1. The first-order chi connectivity index (χ1) is 12.0. The highest BCUT2D eigenvalue weighted by Gasteiger charge is 2.23. The average molecular weight is 347 g/mol. The quantitative estimate of drug-likeness (QED) is 0.588. The number of methoxy groups -OCH3 is 1. The number of nitrogen functional groups attached to an aromatic ring is 1. The van der Waals surface area contributed by atoms with E-state index in [-0.39, 0.29) is 24.6 Å². The highest BCUT2D eigenvalue weighted by molar-refractivity contribution is 5.67. The summed E-state index contributed by atoms with van der Waals surface area (Å²) in [6.45, 7) is -0.106. The van der Waals surface area contributed by atoms with E-state index < -0.39 is 18.3 Å². The highest BCUT2D eigenvalue weighted by atomic mass is 16.5. The first kappa shape index (κ1) is 18.5. The SMILES string of the molecule is COc1ncc(N)cc1C(O)C(O)CNC(=O)OCc1ccccc1. The number of aromatic nitrogens is 1. The van der Waals surface area contributed by atoms with E-state index in [1.807, 2.05) is 30.3 Å². The van der Waals surface area contributed by atoms with Crippen molar-refractivity contribution in [2.75, 3.05) is 19.4 Å². The fourth-order valence-electron chi connectivity index (χ4n) is 2.15. The lowest BCUT2D eigenvalue weighted by atomic mass is 10.1. The summed E-state index contributed by atoms with van der Waals surface area (Å²) in [5, 5.41) is 22.7. The molecule has 134 valence electrons. The Labute approximate surface area is 145 Å². The molecule has 2 atom stereocenters. The number of benzene rings is 1. The van der Waals surface area contributed by atoms with Crippen molar-refractivity contribution in [1.29, 1.82) is 0 Å². The minimum Gasteiger partial charge on any atom is -0.481 e. The average Bonchev–Trinajstić information content (AvgIpc) is 2.64. The Morgan fingerprint density at radius 3 is 2.72 bits per heavy atom. The van der Waals surface area contributed by atoms with Crippen molar-refractivity contribution in [3.8, 4) is 5.88 Å². The Bertz CT molecular complexity index is 696. The molecular weight excluding hydrogens is 326 g/mol. The third-order valence-electron chi connectivity index (χ3n) is 3.44. The number of anilines is 1. The van der Waals surface area contributed by atoms with E-state index in [0.717, 1.165) is 5.56 Å². The van der Waals surface area contributed by atoms with Crippen LogP contribution in [0.4, 0.5) is 10.5 Å². The minimum absolute atomic E-state index is 0.109. The second kappa shape index (κ2) is 8.86. The van der Waals surface area contributed by atoms with Crippen LogP contribution in [0.3, 0.4) is 0 Å². The van der Waals surface area contributed by atoms with Gasteiger partial charge in [0.05, 0.1) is 19.0 Å². The lowest BCUT2D eigenvalue weighted by Crippen LogP contribution is -2.36. The van der Waals surface area contributed by atoms with Crippen LogP contribution in [-0.2, 0) is 11.3 Å². The van der Waals surface area contributed by atoms with Gasteiger partial charge in [0, 0.05) is 12.1 Å². The topological polar surface area (TPSA) is 127 Å². The van der Waals surface area contributed by atoms with Crippen LogP contribution in [0, 0.1) is 0 Å². The molecule has 0 aliphatic rings. The Balaban J connectivity index is 1.86. The minimum atomic E-state index is -1.33. The number of alkyl carbamates (subject to hydrolysis) is 1. The van der Waals surface area contributed by atoms with Crippen LogP contribution in [0.25, 0.3) is 0 Å². The van der Waals surface area contributed by atoms with Gasteiger partial charge in [0.1, 0.15) is 18.8 Å². The van der Waals surface area contributed by atoms with E-state index in [1.54, 1.807) is 0 Å². The fourth-order valence-corrected chi connectivity index (χ4v) is 2.15. The van der Waals surface area contributed by atoms with Crippen LogP contribution < -0.4 is 15.8 Å². The molecule has 1 heterocycles. The van der Waals surface area contributed by atoms with Gasteiger partial charge in [-0.1, -0.05) is 30.3 Å². The standard InChI is InChI=1S/C17H21N3O5/c1-24-16-13(7-12(18)8-19-16)15(22)14(21)9-20-17(23)25-10-11-5-3-2-4-6-11/h2-8,14-15,21-22H,9-10,18H2,1H3,(H,20,23). The molecule has 0 saturated carbocycles. The number of hydrogen-bond acceptors (Lipinski definition) is 7. The maximum absolute atomic E-state index is 11.7. The zero-order valence-electron chi connectivity index (χ0n) is 13.8. The Morgan fingerprint density at radius 2 is 2.04 bits per heavy atom. The molecule has 0 radical (unpaired) electrons. The van der Waals surface area contributed by atoms with Gasteiger partial charge in [-0.3, -0.25) is 0 Å². The molecular formula is C17H21N3O5. The van der Waals surface area contributed by atoms with Crippen LogP contribution in [0.1, 0.15) is 17.2 Å². The zero-order chi connectivity index (χ0) is 18.2. The molecule has 25 heavy (non-hydrogen) atoms. The molecule has 1 aromatic heterocycles. The summed E-state index contributed by atoms with van der Waals surface area (Å²) in [6.07, 6.45) is -1.95. The van der Waals surface area contributed by atoms with Gasteiger partial charge in [-0.05, 0) is 11.6 Å². The summed E-state index contributed by atoms with van der Waals surface area (Å²) in [6, 6.07) is 10.6. The number of hydrogen-bond donors (Lipinski definition) is 4. The number of aliphatic hydroxyl groups is 2. The number of carbonyl (C=O) groups is 1. The molecule has 8 nitrogen and oxygen atoms in total. The molecule has 5 N–H and O–H groups in total. The Morgan fingerprint density at radius 1 is 1.32 bits per heavy atom. The first-order valence-corrected chi connectivity index (χ1v) is 7.61. The van der Waals surface area contributed by atoms with Gasteiger partial charge in [-0.25, -0.2) is 9.78 Å². The summed E-state index contributed by atoms with van der Waals surface area (Å²) < 4.78 is 10.1. The molecule has 0 spiro atoms. The number of nitrogens with two attached hydrogens (primary N) is 1. The van der Waals surface area contributed by atoms with Gasteiger partial charge in [-0.15, -0.1) is 0 Å². The number of carbonyl (C=O) groups excluding carboxylic acids is 1. The molecule has 8 heteroatoms. The molecule has 1 amide bonds. The van der Waals surface area contributed by atoms with Gasteiger partial charge >= 0.3 is 6.09 Å². The normalized spacial score (nSPS) is 12.9. The third-order valence-corrected chi connectivity index (χ3v) is 3.44. The molecule has 1 aromatic carbocycles. The van der Waals surface area contributed by atoms with Gasteiger partial charge in [0.15, 0.2) is 0 Å². The van der Waals surface area contributed by atoms with Crippen molar-refractivity contribution in [2.24, 2.45) is 0 Å². The zero-order valence-corrected chi connectivity index (χ0v) is 13.8.